The van der Waals surface area contributed by atoms with Crippen LogP contribution in [0.4, 0.5) is 5.69 Å². The fourth-order valence-corrected chi connectivity index (χ4v) is 5.25. The highest BCUT2D eigenvalue weighted by Crippen LogP contribution is 2.28. The van der Waals surface area contributed by atoms with Crippen molar-refractivity contribution in [2.75, 3.05) is 39.2 Å². The molecule has 9 heteroatoms. The number of benzene rings is 3. The highest BCUT2D eigenvalue weighted by atomic mass is 35.5. The van der Waals surface area contributed by atoms with Crippen molar-refractivity contribution in [2.45, 2.75) is 25.8 Å². The van der Waals surface area contributed by atoms with E-state index in [0.717, 1.165) is 30.5 Å². The number of piperidine rings is 1. The monoisotopic (exact) mass is 569 g/mol. The number of likely N-dealkylation sites (tertiary alicyclic amines) is 1. The van der Waals surface area contributed by atoms with Gasteiger partial charge in [0.05, 0.1) is 31.4 Å². The minimum absolute atomic E-state index is 0.0903. The van der Waals surface area contributed by atoms with Gasteiger partial charge in [-0.05, 0) is 73.3 Å². The first-order valence-electron chi connectivity index (χ1n) is 12.9. The largest absolute Gasteiger partial charge is 0.493 e. The molecule has 4 rings (SSSR count). The second-order valence-electron chi connectivity index (χ2n) is 9.54. The topological polar surface area (TPSA) is 79.9 Å². The Hall–Kier alpha value is -3.26. The average molecular weight is 571 g/mol. The molecule has 0 aromatic heterocycles. The Morgan fingerprint density at radius 2 is 1.79 bits per heavy atom. The second-order valence-corrected chi connectivity index (χ2v) is 10.4. The molecule has 0 spiro atoms. The summed E-state index contributed by atoms with van der Waals surface area (Å²) in [6.45, 7) is 2.59. The maximum absolute atomic E-state index is 13.2. The third-order valence-electron chi connectivity index (χ3n) is 6.86. The van der Waals surface area contributed by atoms with Crippen LogP contribution in [-0.4, -0.2) is 50.6 Å². The van der Waals surface area contributed by atoms with E-state index in [1.165, 1.54) is 0 Å². The quantitative estimate of drug-likeness (QED) is 0.321. The van der Waals surface area contributed by atoms with Gasteiger partial charge in [-0.3, -0.25) is 14.5 Å². The zero-order chi connectivity index (χ0) is 27.8. The van der Waals surface area contributed by atoms with Gasteiger partial charge in [-0.1, -0.05) is 47.5 Å². The molecule has 1 fully saturated rings. The van der Waals surface area contributed by atoms with Crippen LogP contribution in [0, 0.1) is 5.92 Å². The van der Waals surface area contributed by atoms with Crippen LogP contribution in [0.5, 0.6) is 11.5 Å². The summed E-state index contributed by atoms with van der Waals surface area (Å²) in [7, 11) is 3.18. The molecule has 0 bridgehead atoms. The molecule has 1 aliphatic rings. The van der Waals surface area contributed by atoms with Gasteiger partial charge >= 0.3 is 0 Å². The Morgan fingerprint density at radius 3 is 2.56 bits per heavy atom. The number of halogens is 2. The Morgan fingerprint density at radius 1 is 1.00 bits per heavy atom. The minimum atomic E-state index is -0.242. The Balaban J connectivity index is 1.34. The number of hydrogen-bond acceptors (Lipinski definition) is 5. The number of carbonyl (C=O) groups is 2. The third-order valence-corrected chi connectivity index (χ3v) is 7.45. The van der Waals surface area contributed by atoms with Crippen molar-refractivity contribution in [3.05, 3.63) is 87.4 Å². The van der Waals surface area contributed by atoms with Crippen LogP contribution in [0.25, 0.3) is 0 Å². The molecule has 39 heavy (non-hydrogen) atoms. The minimum Gasteiger partial charge on any atom is -0.493 e. The molecule has 2 amide bonds. The van der Waals surface area contributed by atoms with Gasteiger partial charge in [-0.15, -0.1) is 0 Å². The van der Waals surface area contributed by atoms with Gasteiger partial charge in [0.15, 0.2) is 11.5 Å². The standard InChI is InChI=1S/C30H33Cl2N3O4/c1-38-27-12-9-20(16-28(27)39-2)13-14-33-30(37)24-7-3-4-8-26(24)34-29(36)22-6-5-15-35(19-22)18-21-10-11-23(31)17-25(21)32/h3-4,7-12,16-17,22H,5-6,13-15,18-19H2,1-2H3,(H,33,37)(H,34,36). The number of amides is 2. The fraction of sp³-hybridized carbons (Fsp3) is 0.333. The highest BCUT2D eigenvalue weighted by molar-refractivity contribution is 6.35. The Labute approximate surface area is 239 Å². The number of para-hydroxylation sites is 1. The first-order valence-corrected chi connectivity index (χ1v) is 13.7. The Bertz CT molecular complexity index is 1320. The van der Waals surface area contributed by atoms with Crippen LogP contribution in [-0.2, 0) is 17.8 Å². The van der Waals surface area contributed by atoms with Crippen molar-refractivity contribution in [1.29, 1.82) is 0 Å². The third kappa shape index (κ3) is 7.66. The summed E-state index contributed by atoms with van der Waals surface area (Å²) in [4.78, 5) is 28.5. The van der Waals surface area contributed by atoms with Gasteiger partial charge in [-0.25, -0.2) is 0 Å². The van der Waals surface area contributed by atoms with Gasteiger partial charge in [-0.2, -0.15) is 0 Å². The number of nitrogens with one attached hydrogen (secondary N) is 2. The Kier molecular flexibility index (Phi) is 10.1. The summed E-state index contributed by atoms with van der Waals surface area (Å²) in [5.74, 6) is 0.782. The predicted octanol–water partition coefficient (Wildman–Crippen LogP) is 5.83. The number of hydrogen-bond donors (Lipinski definition) is 2. The van der Waals surface area contributed by atoms with Crippen LogP contribution in [0.3, 0.4) is 0 Å². The molecule has 1 aliphatic heterocycles. The molecule has 0 saturated carbocycles. The van der Waals surface area contributed by atoms with E-state index >= 15 is 0 Å². The van der Waals surface area contributed by atoms with E-state index in [1.807, 2.05) is 36.4 Å². The summed E-state index contributed by atoms with van der Waals surface area (Å²) in [6, 6.07) is 18.2. The summed E-state index contributed by atoms with van der Waals surface area (Å²) in [6.07, 6.45) is 2.31. The lowest BCUT2D eigenvalue weighted by atomic mass is 9.96. The number of methoxy groups -OCH3 is 2. The van der Waals surface area contributed by atoms with Gasteiger partial charge in [0.2, 0.25) is 5.91 Å². The molecule has 1 atom stereocenters. The molecule has 3 aromatic carbocycles. The van der Waals surface area contributed by atoms with Gasteiger partial charge in [0, 0.05) is 29.7 Å². The van der Waals surface area contributed by atoms with Crippen LogP contribution in [0.2, 0.25) is 10.0 Å². The number of nitrogens with zero attached hydrogens (tertiary/aromatic N) is 1. The lowest BCUT2D eigenvalue weighted by Gasteiger charge is -2.32. The maximum atomic E-state index is 13.2. The molecule has 1 unspecified atom stereocenters. The number of anilines is 1. The number of rotatable bonds is 10. The molecule has 7 nitrogen and oxygen atoms in total. The van der Waals surface area contributed by atoms with Crippen molar-refractivity contribution in [3.63, 3.8) is 0 Å². The van der Waals surface area contributed by atoms with E-state index < -0.39 is 0 Å². The van der Waals surface area contributed by atoms with Gasteiger partial charge in [0.25, 0.3) is 5.91 Å². The smallest absolute Gasteiger partial charge is 0.253 e. The van der Waals surface area contributed by atoms with E-state index in [9.17, 15) is 9.59 Å². The number of ether oxygens (including phenoxy) is 2. The maximum Gasteiger partial charge on any atom is 0.253 e. The summed E-state index contributed by atoms with van der Waals surface area (Å²) >= 11 is 12.4. The summed E-state index contributed by atoms with van der Waals surface area (Å²) in [5.41, 5.74) is 2.93. The van der Waals surface area contributed by atoms with Crippen LogP contribution in [0.15, 0.2) is 60.7 Å². The van der Waals surface area contributed by atoms with Crippen LogP contribution < -0.4 is 20.1 Å². The zero-order valence-electron chi connectivity index (χ0n) is 22.1. The lowest BCUT2D eigenvalue weighted by molar-refractivity contribution is -0.121. The molecule has 0 radical (unpaired) electrons. The molecule has 1 heterocycles. The number of carbonyl (C=O) groups excluding carboxylic acids is 2. The van der Waals surface area contributed by atoms with E-state index in [-0.39, 0.29) is 17.7 Å². The second kappa shape index (κ2) is 13.7. The summed E-state index contributed by atoms with van der Waals surface area (Å²) in [5, 5.41) is 7.18. The van der Waals surface area contributed by atoms with Crippen molar-refractivity contribution in [1.82, 2.24) is 10.2 Å². The van der Waals surface area contributed by atoms with Crippen molar-refractivity contribution < 1.29 is 19.1 Å². The first kappa shape index (κ1) is 28.7. The molecule has 0 aliphatic carbocycles. The van der Waals surface area contributed by atoms with Crippen molar-refractivity contribution >= 4 is 40.7 Å². The first-order chi connectivity index (χ1) is 18.9. The van der Waals surface area contributed by atoms with Gasteiger partial charge < -0.3 is 20.1 Å². The molecule has 206 valence electrons. The average Bonchev–Trinajstić information content (AvgIpc) is 2.94. The van der Waals surface area contributed by atoms with E-state index in [1.54, 1.807) is 38.5 Å². The van der Waals surface area contributed by atoms with E-state index in [2.05, 4.69) is 15.5 Å². The fourth-order valence-electron chi connectivity index (χ4n) is 4.78. The van der Waals surface area contributed by atoms with Gasteiger partial charge in [0.1, 0.15) is 0 Å². The lowest BCUT2D eigenvalue weighted by Crippen LogP contribution is -2.40. The highest BCUT2D eigenvalue weighted by Gasteiger charge is 2.27. The molecule has 3 aromatic rings. The molecule has 1 saturated heterocycles. The molecular weight excluding hydrogens is 537 g/mol. The summed E-state index contributed by atoms with van der Waals surface area (Å²) < 4.78 is 10.6. The predicted molar refractivity (Wildman–Crippen MR) is 155 cm³/mol. The van der Waals surface area contributed by atoms with E-state index in [0.29, 0.717) is 58.9 Å². The van der Waals surface area contributed by atoms with Crippen molar-refractivity contribution in [3.8, 4) is 11.5 Å². The van der Waals surface area contributed by atoms with E-state index in [4.69, 9.17) is 32.7 Å². The van der Waals surface area contributed by atoms with Crippen LogP contribution >= 0.6 is 23.2 Å². The van der Waals surface area contributed by atoms with Crippen LogP contribution in [0.1, 0.15) is 34.3 Å². The SMILES string of the molecule is COc1ccc(CCNC(=O)c2ccccc2NC(=O)C2CCCN(Cc3ccc(Cl)cc3Cl)C2)cc1OC. The van der Waals surface area contributed by atoms with Crippen molar-refractivity contribution in [2.24, 2.45) is 5.92 Å². The molecular formula is C30H33Cl2N3O4. The normalized spacial score (nSPS) is 15.4. The zero-order valence-corrected chi connectivity index (χ0v) is 23.6. The molecule has 2 N–H and O–H groups in total.